The number of rotatable bonds is 4. The summed E-state index contributed by atoms with van der Waals surface area (Å²) in [6.07, 6.45) is 1.44. The maximum atomic E-state index is 10.8. The molecule has 0 saturated heterocycles. The number of aromatic carboxylic acids is 1. The van der Waals surface area contributed by atoms with Gasteiger partial charge < -0.3 is 5.11 Å². The standard InChI is InChI=1S/C11H8N2O4S2/c1-6-4-12-10(3-8(6)13(16)17)19-7-2-9(11(14)15)18-5-7/h2-5H,1H3,(H,14,15). The van der Waals surface area contributed by atoms with Gasteiger partial charge in [0.2, 0.25) is 0 Å². The van der Waals surface area contributed by atoms with Crippen molar-refractivity contribution in [2.24, 2.45) is 0 Å². The Bertz CT molecular complexity index is 654. The van der Waals surface area contributed by atoms with Crippen molar-refractivity contribution in [3.8, 4) is 0 Å². The lowest BCUT2D eigenvalue weighted by Crippen LogP contribution is -1.93. The summed E-state index contributed by atoms with van der Waals surface area (Å²) in [5.41, 5.74) is 0.497. The van der Waals surface area contributed by atoms with Crippen molar-refractivity contribution in [1.29, 1.82) is 0 Å². The zero-order chi connectivity index (χ0) is 14.0. The van der Waals surface area contributed by atoms with Gasteiger partial charge in [-0.2, -0.15) is 0 Å². The summed E-state index contributed by atoms with van der Waals surface area (Å²) in [5.74, 6) is -0.986. The fraction of sp³-hybridized carbons (Fsp3) is 0.0909. The molecule has 0 saturated carbocycles. The number of nitrogens with zero attached hydrogens (tertiary/aromatic N) is 2. The predicted octanol–water partition coefficient (Wildman–Crippen LogP) is 3.21. The fourth-order valence-electron chi connectivity index (χ4n) is 1.35. The first kappa shape index (κ1) is 13.5. The molecule has 2 aromatic heterocycles. The molecule has 0 radical (unpaired) electrons. The highest BCUT2D eigenvalue weighted by Gasteiger charge is 2.14. The number of hydrogen-bond acceptors (Lipinski definition) is 6. The van der Waals surface area contributed by atoms with Gasteiger partial charge in [-0.05, 0) is 13.0 Å². The van der Waals surface area contributed by atoms with Crippen molar-refractivity contribution in [3.05, 3.63) is 44.3 Å². The molecule has 0 unspecified atom stereocenters. The van der Waals surface area contributed by atoms with E-state index in [1.165, 1.54) is 30.1 Å². The van der Waals surface area contributed by atoms with Crippen LogP contribution in [-0.4, -0.2) is 21.0 Å². The third kappa shape index (κ3) is 3.09. The van der Waals surface area contributed by atoms with E-state index in [2.05, 4.69) is 4.98 Å². The van der Waals surface area contributed by atoms with Crippen molar-refractivity contribution in [3.63, 3.8) is 0 Å². The second-order valence-corrected chi connectivity index (χ2v) is 5.63. The van der Waals surface area contributed by atoms with Crippen LogP contribution >= 0.6 is 23.1 Å². The van der Waals surface area contributed by atoms with Gasteiger partial charge >= 0.3 is 5.97 Å². The molecule has 0 aliphatic carbocycles. The van der Waals surface area contributed by atoms with Crippen LogP contribution in [0.2, 0.25) is 0 Å². The Labute approximate surface area is 116 Å². The summed E-state index contributed by atoms with van der Waals surface area (Å²) in [4.78, 5) is 26.1. The Balaban J connectivity index is 2.25. The minimum atomic E-state index is -0.986. The van der Waals surface area contributed by atoms with Crippen molar-refractivity contribution in [1.82, 2.24) is 4.98 Å². The average molecular weight is 296 g/mol. The van der Waals surface area contributed by atoms with Gasteiger partial charge in [0.25, 0.3) is 5.69 Å². The van der Waals surface area contributed by atoms with E-state index in [1.54, 1.807) is 12.3 Å². The molecule has 19 heavy (non-hydrogen) atoms. The van der Waals surface area contributed by atoms with Crippen molar-refractivity contribution in [2.75, 3.05) is 0 Å². The zero-order valence-corrected chi connectivity index (χ0v) is 11.3. The van der Waals surface area contributed by atoms with Gasteiger partial charge in [-0.1, -0.05) is 11.8 Å². The number of carbonyl (C=O) groups is 1. The third-order valence-corrected chi connectivity index (χ3v) is 4.23. The summed E-state index contributed by atoms with van der Waals surface area (Å²) >= 11 is 2.31. The molecule has 1 N–H and O–H groups in total. The first-order chi connectivity index (χ1) is 8.97. The van der Waals surface area contributed by atoms with E-state index in [4.69, 9.17) is 5.11 Å². The zero-order valence-electron chi connectivity index (χ0n) is 9.69. The van der Waals surface area contributed by atoms with Gasteiger partial charge in [-0.3, -0.25) is 10.1 Å². The summed E-state index contributed by atoms with van der Waals surface area (Å²) in [6, 6.07) is 2.91. The molecule has 8 heteroatoms. The topological polar surface area (TPSA) is 93.3 Å². The van der Waals surface area contributed by atoms with Gasteiger partial charge in [0, 0.05) is 28.1 Å². The van der Waals surface area contributed by atoms with Crippen LogP contribution in [0.25, 0.3) is 0 Å². The molecular weight excluding hydrogens is 288 g/mol. The first-order valence-electron chi connectivity index (χ1n) is 5.08. The van der Waals surface area contributed by atoms with E-state index >= 15 is 0 Å². The largest absolute Gasteiger partial charge is 0.477 e. The van der Waals surface area contributed by atoms with Crippen LogP contribution in [-0.2, 0) is 0 Å². The number of hydrogen-bond donors (Lipinski definition) is 1. The molecule has 2 heterocycles. The lowest BCUT2D eigenvalue weighted by Gasteiger charge is -2.00. The summed E-state index contributed by atoms with van der Waals surface area (Å²) in [6.45, 7) is 1.62. The molecule has 0 amide bonds. The summed E-state index contributed by atoms with van der Waals surface area (Å²) < 4.78 is 0. The lowest BCUT2D eigenvalue weighted by atomic mass is 10.3. The maximum Gasteiger partial charge on any atom is 0.345 e. The summed E-state index contributed by atoms with van der Waals surface area (Å²) in [5, 5.41) is 21.8. The number of pyridine rings is 1. The van der Waals surface area contributed by atoms with Gasteiger partial charge in [0.15, 0.2) is 0 Å². The van der Waals surface area contributed by atoms with Crippen LogP contribution in [0.3, 0.4) is 0 Å². The Morgan fingerprint density at radius 3 is 2.84 bits per heavy atom. The average Bonchev–Trinajstić information content (AvgIpc) is 2.80. The molecule has 0 aromatic carbocycles. The van der Waals surface area contributed by atoms with Gasteiger partial charge in [0.05, 0.1) is 4.92 Å². The number of thiophene rings is 1. The number of aryl methyl sites for hydroxylation is 1. The molecule has 2 rings (SSSR count). The highest BCUT2D eigenvalue weighted by molar-refractivity contribution is 7.99. The van der Waals surface area contributed by atoms with Gasteiger partial charge in [0.1, 0.15) is 9.90 Å². The second kappa shape index (κ2) is 5.37. The molecular formula is C11H8N2O4S2. The Hall–Kier alpha value is -1.93. The number of carboxylic acid groups (broad SMARTS) is 1. The molecule has 98 valence electrons. The Morgan fingerprint density at radius 2 is 2.26 bits per heavy atom. The fourth-order valence-corrected chi connectivity index (χ4v) is 3.06. The predicted molar refractivity (Wildman–Crippen MR) is 71.0 cm³/mol. The van der Waals surface area contributed by atoms with E-state index in [1.807, 2.05) is 0 Å². The van der Waals surface area contributed by atoms with E-state index in [0.717, 1.165) is 11.3 Å². The third-order valence-electron chi connectivity index (χ3n) is 2.25. The minimum absolute atomic E-state index is 0.00573. The van der Waals surface area contributed by atoms with Crippen LogP contribution in [0.4, 0.5) is 5.69 Å². The van der Waals surface area contributed by atoms with Crippen LogP contribution in [0, 0.1) is 17.0 Å². The monoisotopic (exact) mass is 296 g/mol. The molecule has 6 nitrogen and oxygen atoms in total. The normalized spacial score (nSPS) is 10.4. The molecule has 0 aliphatic heterocycles. The lowest BCUT2D eigenvalue weighted by molar-refractivity contribution is -0.385. The molecule has 2 aromatic rings. The van der Waals surface area contributed by atoms with Crippen molar-refractivity contribution in [2.45, 2.75) is 16.8 Å². The summed E-state index contributed by atoms with van der Waals surface area (Å²) in [7, 11) is 0. The molecule has 0 aliphatic rings. The highest BCUT2D eigenvalue weighted by Crippen LogP contribution is 2.32. The smallest absolute Gasteiger partial charge is 0.345 e. The highest BCUT2D eigenvalue weighted by atomic mass is 32.2. The van der Waals surface area contributed by atoms with E-state index in [9.17, 15) is 14.9 Å². The molecule has 0 atom stereocenters. The second-order valence-electron chi connectivity index (χ2n) is 3.62. The van der Waals surface area contributed by atoms with E-state index in [0.29, 0.717) is 15.5 Å². The Morgan fingerprint density at radius 1 is 1.53 bits per heavy atom. The SMILES string of the molecule is Cc1cnc(Sc2csc(C(=O)O)c2)cc1[N+](=O)[O-]. The van der Waals surface area contributed by atoms with Crippen LogP contribution in [0.5, 0.6) is 0 Å². The number of aromatic nitrogens is 1. The minimum Gasteiger partial charge on any atom is -0.477 e. The number of carboxylic acids is 1. The van der Waals surface area contributed by atoms with E-state index in [-0.39, 0.29) is 10.6 Å². The van der Waals surface area contributed by atoms with Crippen LogP contribution in [0.15, 0.2) is 33.6 Å². The first-order valence-corrected chi connectivity index (χ1v) is 6.77. The van der Waals surface area contributed by atoms with Crippen molar-refractivity contribution >= 4 is 34.8 Å². The van der Waals surface area contributed by atoms with Crippen LogP contribution < -0.4 is 0 Å². The van der Waals surface area contributed by atoms with Crippen molar-refractivity contribution < 1.29 is 14.8 Å². The quantitative estimate of drug-likeness (QED) is 0.687. The van der Waals surface area contributed by atoms with E-state index < -0.39 is 10.9 Å². The van der Waals surface area contributed by atoms with Crippen LogP contribution in [0.1, 0.15) is 15.2 Å². The molecule has 0 fully saturated rings. The molecule has 0 bridgehead atoms. The van der Waals surface area contributed by atoms with Gasteiger partial charge in [-0.25, -0.2) is 9.78 Å². The molecule has 0 spiro atoms. The number of nitro groups is 1. The Kier molecular flexibility index (Phi) is 3.82. The maximum absolute atomic E-state index is 10.8. The van der Waals surface area contributed by atoms with Gasteiger partial charge in [-0.15, -0.1) is 11.3 Å².